The molecule has 36 heavy (non-hydrogen) atoms. The lowest BCUT2D eigenvalue weighted by Gasteiger charge is -2.15. The summed E-state index contributed by atoms with van der Waals surface area (Å²) >= 11 is 0. The van der Waals surface area contributed by atoms with Gasteiger partial charge in [-0.3, -0.25) is 0 Å². The molecule has 3 rings (SSSR count). The fourth-order valence-corrected chi connectivity index (χ4v) is 4.05. The molecule has 0 amide bonds. The van der Waals surface area contributed by atoms with Crippen LogP contribution in [0.15, 0.2) is 42.6 Å². The Kier molecular flexibility index (Phi) is 8.41. The predicted octanol–water partition coefficient (Wildman–Crippen LogP) is 4.95. The van der Waals surface area contributed by atoms with E-state index in [1.165, 1.54) is 12.3 Å². The number of benzene rings is 1. The Morgan fingerprint density at radius 1 is 1.00 bits per heavy atom. The van der Waals surface area contributed by atoms with E-state index in [-0.39, 0.29) is 6.73 Å². The summed E-state index contributed by atoms with van der Waals surface area (Å²) in [6.45, 7) is 9.94. The van der Waals surface area contributed by atoms with Crippen LogP contribution in [-0.4, -0.2) is 55.0 Å². The van der Waals surface area contributed by atoms with Crippen LogP contribution in [-0.2, 0) is 21.6 Å². The highest BCUT2D eigenvalue weighted by molar-refractivity contribution is 7.87. The van der Waals surface area contributed by atoms with Crippen molar-refractivity contribution in [2.45, 2.75) is 44.8 Å². The number of ether oxygens (including phenoxy) is 2. The standard InChI is InChI=1S/C22H27F3N4O5SSi/c1-5-33-21-27-20(28-29(21)15-32-12-13-36(2,3)4)17-8-6-16(7-9-17)18-10-11-19(26-14-18)34-35(30,31)22(23,24)25/h6-11,14H,5,12-13,15H2,1-4H3. The molecule has 1 aromatic carbocycles. The Morgan fingerprint density at radius 2 is 1.64 bits per heavy atom. The van der Waals surface area contributed by atoms with Crippen molar-refractivity contribution >= 4 is 18.2 Å². The van der Waals surface area contributed by atoms with Gasteiger partial charge in [0.05, 0.1) is 6.61 Å². The van der Waals surface area contributed by atoms with Crippen molar-refractivity contribution in [3.05, 3.63) is 42.6 Å². The lowest BCUT2D eigenvalue weighted by atomic mass is 10.1. The van der Waals surface area contributed by atoms with Gasteiger partial charge in [-0.25, -0.2) is 4.98 Å². The molecular formula is C22H27F3N4O5SSi. The van der Waals surface area contributed by atoms with Crippen LogP contribution in [0, 0.1) is 0 Å². The summed E-state index contributed by atoms with van der Waals surface area (Å²) in [4.78, 5) is 8.11. The Labute approximate surface area is 208 Å². The molecule has 2 aromatic heterocycles. The third-order valence-corrected chi connectivity index (χ3v) is 7.47. The molecule has 3 aromatic rings. The normalized spacial score (nSPS) is 12.5. The van der Waals surface area contributed by atoms with Crippen molar-refractivity contribution in [1.29, 1.82) is 0 Å². The van der Waals surface area contributed by atoms with Crippen LogP contribution in [0.2, 0.25) is 25.7 Å². The number of nitrogens with zero attached hydrogens (tertiary/aromatic N) is 4. The van der Waals surface area contributed by atoms with Gasteiger partial charge in [-0.15, -0.1) is 5.10 Å². The van der Waals surface area contributed by atoms with Crippen molar-refractivity contribution < 1.29 is 35.2 Å². The van der Waals surface area contributed by atoms with E-state index >= 15 is 0 Å². The summed E-state index contributed by atoms with van der Waals surface area (Å²) in [5, 5.41) is 4.49. The van der Waals surface area contributed by atoms with Gasteiger partial charge in [0, 0.05) is 38.1 Å². The van der Waals surface area contributed by atoms with Crippen LogP contribution >= 0.6 is 0 Å². The molecule has 0 saturated carbocycles. The maximum absolute atomic E-state index is 12.5. The molecule has 14 heteroatoms. The topological polar surface area (TPSA) is 105 Å². The summed E-state index contributed by atoms with van der Waals surface area (Å²) in [6, 6.07) is 10.9. The zero-order valence-electron chi connectivity index (χ0n) is 20.2. The van der Waals surface area contributed by atoms with Crippen LogP contribution < -0.4 is 8.92 Å². The third kappa shape index (κ3) is 7.27. The second-order valence-electron chi connectivity index (χ2n) is 8.94. The summed E-state index contributed by atoms with van der Waals surface area (Å²) in [5.41, 5.74) is -3.59. The molecule has 0 atom stereocenters. The van der Waals surface area contributed by atoms with Crippen molar-refractivity contribution in [1.82, 2.24) is 19.7 Å². The highest BCUT2D eigenvalue weighted by Gasteiger charge is 2.48. The lowest BCUT2D eigenvalue weighted by molar-refractivity contribution is -0.0501. The van der Waals surface area contributed by atoms with E-state index in [9.17, 15) is 21.6 Å². The molecule has 0 aliphatic rings. The maximum atomic E-state index is 12.5. The van der Waals surface area contributed by atoms with Gasteiger partial charge in [0.25, 0.3) is 0 Å². The fraction of sp³-hybridized carbons (Fsp3) is 0.409. The molecule has 2 heterocycles. The second kappa shape index (κ2) is 11.0. The molecule has 0 bridgehead atoms. The second-order valence-corrected chi connectivity index (χ2v) is 16.1. The Morgan fingerprint density at radius 3 is 2.19 bits per heavy atom. The molecule has 0 aliphatic carbocycles. The largest absolute Gasteiger partial charge is 0.534 e. The van der Waals surface area contributed by atoms with Crippen molar-refractivity contribution in [3.63, 3.8) is 0 Å². The van der Waals surface area contributed by atoms with Crippen LogP contribution in [0.5, 0.6) is 11.9 Å². The minimum atomic E-state index is -5.78. The molecular weight excluding hydrogens is 517 g/mol. The van der Waals surface area contributed by atoms with E-state index in [1.54, 1.807) is 28.9 Å². The number of rotatable bonds is 11. The minimum Gasteiger partial charge on any atom is -0.464 e. The van der Waals surface area contributed by atoms with E-state index in [0.717, 1.165) is 12.1 Å². The van der Waals surface area contributed by atoms with E-state index in [0.29, 0.717) is 41.7 Å². The van der Waals surface area contributed by atoms with Gasteiger partial charge < -0.3 is 13.7 Å². The van der Waals surface area contributed by atoms with Gasteiger partial charge in [-0.2, -0.15) is 31.3 Å². The van der Waals surface area contributed by atoms with Crippen LogP contribution in [0.1, 0.15) is 6.92 Å². The molecule has 0 unspecified atom stereocenters. The first kappa shape index (κ1) is 27.6. The number of halogens is 3. The quantitative estimate of drug-likeness (QED) is 0.145. The van der Waals surface area contributed by atoms with Gasteiger partial charge in [-0.1, -0.05) is 43.9 Å². The summed E-state index contributed by atoms with van der Waals surface area (Å²) in [7, 11) is -6.99. The Balaban J connectivity index is 1.71. The van der Waals surface area contributed by atoms with Crippen molar-refractivity contribution in [2.24, 2.45) is 0 Å². The average Bonchev–Trinajstić information content (AvgIpc) is 3.19. The highest BCUT2D eigenvalue weighted by atomic mass is 32.2. The van der Waals surface area contributed by atoms with Gasteiger partial charge >= 0.3 is 21.6 Å². The third-order valence-electron chi connectivity index (χ3n) is 4.81. The Hall–Kier alpha value is -2.97. The predicted molar refractivity (Wildman–Crippen MR) is 130 cm³/mol. The smallest absolute Gasteiger partial charge is 0.464 e. The summed E-state index contributed by atoms with van der Waals surface area (Å²) in [5.74, 6) is -0.240. The molecule has 0 spiro atoms. The highest BCUT2D eigenvalue weighted by Crippen LogP contribution is 2.28. The van der Waals surface area contributed by atoms with Gasteiger partial charge in [-0.05, 0) is 24.6 Å². The molecule has 196 valence electrons. The van der Waals surface area contributed by atoms with Gasteiger partial charge in [0.1, 0.15) is 6.73 Å². The average molecular weight is 545 g/mol. The van der Waals surface area contributed by atoms with E-state index < -0.39 is 29.6 Å². The van der Waals surface area contributed by atoms with Crippen LogP contribution in [0.25, 0.3) is 22.5 Å². The van der Waals surface area contributed by atoms with Crippen molar-refractivity contribution in [3.8, 4) is 34.4 Å². The van der Waals surface area contributed by atoms with Crippen LogP contribution in [0.3, 0.4) is 0 Å². The van der Waals surface area contributed by atoms with Gasteiger partial charge in [0.2, 0.25) is 5.88 Å². The Bertz CT molecular complexity index is 1260. The molecule has 0 N–H and O–H groups in total. The molecule has 0 radical (unpaired) electrons. The lowest BCUT2D eigenvalue weighted by Crippen LogP contribution is -2.28. The fourth-order valence-electron chi connectivity index (χ4n) is 2.87. The number of alkyl halides is 3. The number of pyridine rings is 1. The molecule has 9 nitrogen and oxygen atoms in total. The molecule has 0 saturated heterocycles. The molecule has 0 aliphatic heterocycles. The first-order valence-electron chi connectivity index (χ1n) is 11.0. The van der Waals surface area contributed by atoms with Crippen LogP contribution in [0.4, 0.5) is 13.2 Å². The van der Waals surface area contributed by atoms with Crippen molar-refractivity contribution in [2.75, 3.05) is 13.2 Å². The van der Waals surface area contributed by atoms with E-state index in [1.807, 2.05) is 6.92 Å². The van der Waals surface area contributed by atoms with Gasteiger partial charge in [0.15, 0.2) is 5.82 Å². The summed E-state index contributed by atoms with van der Waals surface area (Å²) in [6.07, 6.45) is 1.22. The monoisotopic (exact) mass is 544 g/mol. The van der Waals surface area contributed by atoms with E-state index in [2.05, 4.69) is 38.9 Å². The first-order chi connectivity index (χ1) is 16.8. The maximum Gasteiger partial charge on any atom is 0.534 e. The van der Waals surface area contributed by atoms with E-state index in [4.69, 9.17) is 9.47 Å². The zero-order chi connectivity index (χ0) is 26.6. The number of aromatic nitrogens is 4. The minimum absolute atomic E-state index is 0.217. The number of hydrogen-bond acceptors (Lipinski definition) is 8. The first-order valence-corrected chi connectivity index (χ1v) is 16.1. The zero-order valence-corrected chi connectivity index (χ0v) is 22.1. The molecule has 0 fully saturated rings. The number of hydrogen-bond donors (Lipinski definition) is 0. The summed E-state index contributed by atoms with van der Waals surface area (Å²) < 4.78 is 76.5. The SMILES string of the molecule is CCOc1nc(-c2ccc(-c3ccc(OS(=O)(=O)C(F)(F)F)nc3)cc2)nn1COCC[Si](C)(C)C.